The minimum absolute atomic E-state index is 0.103. The summed E-state index contributed by atoms with van der Waals surface area (Å²) in [6.07, 6.45) is 1.39. The van der Waals surface area contributed by atoms with Gasteiger partial charge in [-0.1, -0.05) is 0 Å². The zero-order chi connectivity index (χ0) is 19.9. The third kappa shape index (κ3) is 5.34. The molecule has 28 heavy (non-hydrogen) atoms. The zero-order valence-electron chi connectivity index (χ0n) is 16.4. The third-order valence-corrected chi connectivity index (χ3v) is 5.39. The summed E-state index contributed by atoms with van der Waals surface area (Å²) >= 11 is 0. The highest BCUT2D eigenvalue weighted by Gasteiger charge is 2.25. The van der Waals surface area contributed by atoms with Crippen LogP contribution in [0, 0.1) is 5.82 Å². The van der Waals surface area contributed by atoms with Crippen LogP contribution in [0.25, 0.3) is 0 Å². The molecule has 2 aliphatic rings. The Hall–Kier alpha value is -2.35. The Morgan fingerprint density at radius 1 is 1.04 bits per heavy atom. The van der Waals surface area contributed by atoms with Gasteiger partial charge in [-0.2, -0.15) is 0 Å². The number of nitrogens with one attached hydrogen (secondary N) is 1. The van der Waals surface area contributed by atoms with E-state index >= 15 is 0 Å². The molecule has 2 aliphatic heterocycles. The van der Waals surface area contributed by atoms with Crippen molar-refractivity contribution in [1.29, 1.82) is 0 Å². The average Bonchev–Trinajstić information content (AvgIpc) is 2.73. The standard InChI is InChI=1S/C20H29FN4O3/c1-2-28-20(27)25-9-7-17(8-10-25)22-15-19(26)24-13-11-23(12-14-24)18-5-3-16(21)4-6-18/h3-6,17,22H,2,7-15H2,1H3. The number of anilines is 1. The number of ether oxygens (including phenoxy) is 1. The van der Waals surface area contributed by atoms with Crippen molar-refractivity contribution in [3.8, 4) is 0 Å². The summed E-state index contributed by atoms with van der Waals surface area (Å²) < 4.78 is 18.1. The lowest BCUT2D eigenvalue weighted by Crippen LogP contribution is -2.52. The number of benzene rings is 1. The summed E-state index contributed by atoms with van der Waals surface area (Å²) in [4.78, 5) is 30.0. The predicted octanol–water partition coefficient (Wildman–Crippen LogP) is 1.68. The van der Waals surface area contributed by atoms with Gasteiger partial charge in [-0.25, -0.2) is 9.18 Å². The second kappa shape index (κ2) is 9.73. The van der Waals surface area contributed by atoms with Crippen molar-refractivity contribution in [2.45, 2.75) is 25.8 Å². The largest absolute Gasteiger partial charge is 0.450 e. The number of rotatable bonds is 5. The van der Waals surface area contributed by atoms with Gasteiger partial charge in [0.2, 0.25) is 5.91 Å². The summed E-state index contributed by atoms with van der Waals surface area (Å²) in [7, 11) is 0. The highest BCUT2D eigenvalue weighted by molar-refractivity contribution is 5.78. The van der Waals surface area contributed by atoms with Gasteiger partial charge < -0.3 is 24.8 Å². The van der Waals surface area contributed by atoms with E-state index in [-0.39, 0.29) is 23.9 Å². The van der Waals surface area contributed by atoms with Crippen molar-refractivity contribution in [2.24, 2.45) is 0 Å². The highest BCUT2D eigenvalue weighted by atomic mass is 19.1. The van der Waals surface area contributed by atoms with Crippen LogP contribution in [0.1, 0.15) is 19.8 Å². The molecule has 3 rings (SSSR count). The minimum atomic E-state index is -0.254. The Balaban J connectivity index is 1.36. The maximum Gasteiger partial charge on any atom is 0.409 e. The molecule has 1 aromatic carbocycles. The molecule has 2 heterocycles. The number of piperidine rings is 1. The van der Waals surface area contributed by atoms with E-state index in [2.05, 4.69) is 10.2 Å². The van der Waals surface area contributed by atoms with E-state index in [1.165, 1.54) is 12.1 Å². The number of likely N-dealkylation sites (tertiary alicyclic amines) is 1. The molecule has 2 fully saturated rings. The third-order valence-electron chi connectivity index (χ3n) is 5.39. The fourth-order valence-electron chi connectivity index (χ4n) is 3.69. The van der Waals surface area contributed by atoms with Crippen LogP contribution in [-0.2, 0) is 9.53 Å². The smallest absolute Gasteiger partial charge is 0.409 e. The second-order valence-corrected chi connectivity index (χ2v) is 7.19. The molecule has 0 bridgehead atoms. The van der Waals surface area contributed by atoms with Crippen molar-refractivity contribution < 1.29 is 18.7 Å². The van der Waals surface area contributed by atoms with E-state index in [1.807, 2.05) is 4.90 Å². The molecule has 0 saturated carbocycles. The van der Waals surface area contributed by atoms with Crippen LogP contribution in [0.4, 0.5) is 14.9 Å². The van der Waals surface area contributed by atoms with Gasteiger partial charge in [-0.15, -0.1) is 0 Å². The summed E-state index contributed by atoms with van der Waals surface area (Å²) in [6.45, 7) is 6.64. The predicted molar refractivity (Wildman–Crippen MR) is 105 cm³/mol. The number of carbonyl (C=O) groups excluding carboxylic acids is 2. The fraction of sp³-hybridized carbons (Fsp3) is 0.600. The minimum Gasteiger partial charge on any atom is -0.450 e. The summed E-state index contributed by atoms with van der Waals surface area (Å²) in [5.74, 6) is -0.136. The van der Waals surface area contributed by atoms with Crippen LogP contribution in [0.15, 0.2) is 24.3 Å². The molecular weight excluding hydrogens is 363 g/mol. The summed E-state index contributed by atoms with van der Waals surface area (Å²) in [5, 5.41) is 3.33. The van der Waals surface area contributed by atoms with E-state index in [0.717, 1.165) is 31.6 Å². The van der Waals surface area contributed by atoms with Gasteiger partial charge in [0, 0.05) is 51.0 Å². The van der Waals surface area contributed by atoms with E-state index in [9.17, 15) is 14.0 Å². The molecule has 154 valence electrons. The van der Waals surface area contributed by atoms with Crippen molar-refractivity contribution in [3.63, 3.8) is 0 Å². The van der Waals surface area contributed by atoms with Crippen molar-refractivity contribution in [3.05, 3.63) is 30.1 Å². The number of hydrogen-bond donors (Lipinski definition) is 1. The molecule has 0 aromatic heterocycles. The van der Waals surface area contributed by atoms with Crippen molar-refractivity contribution in [2.75, 3.05) is 57.3 Å². The molecule has 7 nitrogen and oxygen atoms in total. The Morgan fingerprint density at radius 3 is 2.29 bits per heavy atom. The molecule has 2 saturated heterocycles. The zero-order valence-corrected chi connectivity index (χ0v) is 16.4. The Morgan fingerprint density at radius 2 is 1.68 bits per heavy atom. The number of halogens is 1. The van der Waals surface area contributed by atoms with Crippen LogP contribution in [-0.4, -0.2) is 80.3 Å². The molecule has 1 aromatic rings. The summed E-state index contributed by atoms with van der Waals surface area (Å²) in [5.41, 5.74) is 0.986. The van der Waals surface area contributed by atoms with Crippen LogP contribution in [0.2, 0.25) is 0 Å². The van der Waals surface area contributed by atoms with Crippen molar-refractivity contribution in [1.82, 2.24) is 15.1 Å². The highest BCUT2D eigenvalue weighted by Crippen LogP contribution is 2.17. The normalized spacial score (nSPS) is 18.3. The van der Waals surface area contributed by atoms with Crippen molar-refractivity contribution >= 4 is 17.7 Å². The lowest BCUT2D eigenvalue weighted by molar-refractivity contribution is -0.130. The van der Waals surface area contributed by atoms with Crippen LogP contribution >= 0.6 is 0 Å². The first-order valence-electron chi connectivity index (χ1n) is 10.00. The number of carbonyl (C=O) groups is 2. The second-order valence-electron chi connectivity index (χ2n) is 7.19. The lowest BCUT2D eigenvalue weighted by Gasteiger charge is -2.37. The van der Waals surface area contributed by atoms with Crippen LogP contribution in [0.5, 0.6) is 0 Å². The van der Waals surface area contributed by atoms with E-state index in [1.54, 1.807) is 24.0 Å². The molecule has 2 amide bonds. The molecule has 0 aliphatic carbocycles. The first-order chi connectivity index (χ1) is 13.6. The van der Waals surface area contributed by atoms with Crippen LogP contribution < -0.4 is 10.2 Å². The quantitative estimate of drug-likeness (QED) is 0.826. The van der Waals surface area contributed by atoms with Gasteiger partial charge in [0.15, 0.2) is 0 Å². The average molecular weight is 392 g/mol. The Kier molecular flexibility index (Phi) is 7.08. The lowest BCUT2D eigenvalue weighted by atomic mass is 10.1. The number of nitrogens with zero attached hydrogens (tertiary/aromatic N) is 3. The molecule has 0 unspecified atom stereocenters. The molecule has 0 atom stereocenters. The van der Waals surface area contributed by atoms with Gasteiger partial charge in [0.25, 0.3) is 0 Å². The number of piperazine rings is 1. The summed E-state index contributed by atoms with van der Waals surface area (Å²) in [6, 6.07) is 6.72. The van der Waals surface area contributed by atoms with Gasteiger partial charge in [0.05, 0.1) is 13.2 Å². The number of hydrogen-bond acceptors (Lipinski definition) is 5. The van der Waals surface area contributed by atoms with E-state index in [4.69, 9.17) is 4.74 Å². The van der Waals surface area contributed by atoms with E-state index in [0.29, 0.717) is 39.3 Å². The molecular formula is C20H29FN4O3. The van der Waals surface area contributed by atoms with Gasteiger partial charge in [-0.05, 0) is 44.0 Å². The van der Waals surface area contributed by atoms with Crippen LogP contribution in [0.3, 0.4) is 0 Å². The molecule has 0 radical (unpaired) electrons. The molecule has 0 spiro atoms. The molecule has 8 heteroatoms. The van der Waals surface area contributed by atoms with Gasteiger partial charge >= 0.3 is 6.09 Å². The maximum atomic E-state index is 13.1. The first kappa shape index (κ1) is 20.4. The van der Waals surface area contributed by atoms with E-state index < -0.39 is 0 Å². The Labute approximate surface area is 165 Å². The Bertz CT molecular complexity index is 654. The monoisotopic (exact) mass is 392 g/mol. The maximum absolute atomic E-state index is 13.1. The molecule has 1 N–H and O–H groups in total. The van der Waals surface area contributed by atoms with Gasteiger partial charge in [-0.3, -0.25) is 4.79 Å². The first-order valence-corrected chi connectivity index (χ1v) is 10.00. The number of amides is 2. The SMILES string of the molecule is CCOC(=O)N1CCC(NCC(=O)N2CCN(c3ccc(F)cc3)CC2)CC1. The fourth-order valence-corrected chi connectivity index (χ4v) is 3.69. The van der Waals surface area contributed by atoms with Gasteiger partial charge in [0.1, 0.15) is 5.82 Å². The topological polar surface area (TPSA) is 65.1 Å².